The van der Waals surface area contributed by atoms with Crippen LogP contribution in [-0.2, 0) is 16.6 Å². The number of benzene rings is 2. The van der Waals surface area contributed by atoms with Crippen LogP contribution in [0.1, 0.15) is 31.0 Å². The molecule has 140 valence electrons. The Morgan fingerprint density at radius 1 is 1.12 bits per heavy atom. The number of nitrogens with zero attached hydrogens (tertiary/aromatic N) is 1. The molecule has 3 N–H and O–H groups in total. The second kappa shape index (κ2) is 9.35. The van der Waals surface area contributed by atoms with Gasteiger partial charge in [0, 0.05) is 6.54 Å². The molecule has 0 aliphatic carbocycles. The molecule has 0 bridgehead atoms. The van der Waals surface area contributed by atoms with Gasteiger partial charge in [-0.3, -0.25) is 0 Å². The van der Waals surface area contributed by atoms with E-state index >= 15 is 0 Å². The third-order valence-electron chi connectivity index (χ3n) is 3.89. The molecule has 2 aromatic carbocycles. The van der Waals surface area contributed by atoms with E-state index in [1.165, 1.54) is 12.6 Å². The van der Waals surface area contributed by atoms with E-state index in [1.54, 1.807) is 18.2 Å². The van der Waals surface area contributed by atoms with Gasteiger partial charge in [-0.15, -0.1) is 0 Å². The number of guanidine groups is 1. The number of hydrogen-bond donors (Lipinski definition) is 3. The number of hydrogen-bond acceptors (Lipinski definition) is 3. The molecule has 26 heavy (non-hydrogen) atoms. The molecule has 0 saturated heterocycles. The highest BCUT2D eigenvalue weighted by molar-refractivity contribution is 7.89. The Morgan fingerprint density at radius 3 is 2.50 bits per heavy atom. The summed E-state index contributed by atoms with van der Waals surface area (Å²) in [5.41, 5.74) is 1.99. The van der Waals surface area contributed by atoms with Gasteiger partial charge in [-0.1, -0.05) is 42.5 Å². The van der Waals surface area contributed by atoms with Crippen LogP contribution in [-0.4, -0.2) is 28.0 Å². The first-order valence-electron chi connectivity index (χ1n) is 8.58. The fraction of sp³-hybridized carbons (Fsp3) is 0.316. The molecular weight excluding hydrogens is 348 g/mol. The molecule has 0 aliphatic heterocycles. The Morgan fingerprint density at radius 2 is 1.85 bits per heavy atom. The van der Waals surface area contributed by atoms with Crippen molar-refractivity contribution in [3.8, 4) is 0 Å². The first-order chi connectivity index (χ1) is 12.5. The molecule has 0 heterocycles. The largest absolute Gasteiger partial charge is 0.357 e. The fourth-order valence-corrected chi connectivity index (χ4v) is 3.25. The zero-order chi connectivity index (χ0) is 19.0. The number of rotatable bonds is 7. The lowest BCUT2D eigenvalue weighted by molar-refractivity contribution is 0.588. The van der Waals surface area contributed by atoms with Crippen LogP contribution in [0.3, 0.4) is 0 Å². The lowest BCUT2D eigenvalue weighted by Gasteiger charge is -2.18. The van der Waals surface area contributed by atoms with Gasteiger partial charge in [-0.2, -0.15) is 0 Å². The minimum absolute atomic E-state index is 0.102. The van der Waals surface area contributed by atoms with Crippen LogP contribution in [0.15, 0.2) is 64.5 Å². The second-order valence-electron chi connectivity index (χ2n) is 5.83. The van der Waals surface area contributed by atoms with Gasteiger partial charge in [-0.25, -0.2) is 18.1 Å². The highest BCUT2D eigenvalue weighted by atomic mass is 32.2. The smallest absolute Gasteiger partial charge is 0.240 e. The Bertz CT molecular complexity index is 836. The molecule has 1 atom stereocenters. The van der Waals surface area contributed by atoms with Crippen LogP contribution < -0.4 is 15.4 Å². The normalized spacial score (nSPS) is 13.3. The van der Waals surface area contributed by atoms with Crippen LogP contribution in [0.2, 0.25) is 0 Å². The van der Waals surface area contributed by atoms with E-state index in [-0.39, 0.29) is 10.9 Å². The maximum absolute atomic E-state index is 11.9. The predicted molar refractivity (Wildman–Crippen MR) is 105 cm³/mol. The summed E-state index contributed by atoms with van der Waals surface area (Å²) in [5.74, 6) is 0.686. The third-order valence-corrected chi connectivity index (χ3v) is 5.31. The number of nitrogens with one attached hydrogen (secondary N) is 3. The fourth-order valence-electron chi connectivity index (χ4n) is 2.45. The van der Waals surface area contributed by atoms with Crippen molar-refractivity contribution in [3.05, 3.63) is 65.7 Å². The summed E-state index contributed by atoms with van der Waals surface area (Å²) < 4.78 is 26.2. The monoisotopic (exact) mass is 374 g/mol. The second-order valence-corrected chi connectivity index (χ2v) is 7.71. The highest BCUT2D eigenvalue weighted by Crippen LogP contribution is 2.13. The van der Waals surface area contributed by atoms with E-state index in [1.807, 2.05) is 31.2 Å². The summed E-state index contributed by atoms with van der Waals surface area (Å²) in [6.45, 7) is 5.19. The first kappa shape index (κ1) is 19.9. The SMILES string of the molecule is CCNC(=NCc1cccc(S(=O)(=O)NC)c1)NC(C)c1ccccc1. The molecule has 2 rings (SSSR count). The van der Waals surface area contributed by atoms with Gasteiger partial charge in [0.1, 0.15) is 0 Å². The third kappa shape index (κ3) is 5.57. The van der Waals surface area contributed by atoms with Gasteiger partial charge in [0.25, 0.3) is 0 Å². The van der Waals surface area contributed by atoms with Crippen LogP contribution in [0.25, 0.3) is 0 Å². The minimum Gasteiger partial charge on any atom is -0.357 e. The topological polar surface area (TPSA) is 82.6 Å². The number of sulfonamides is 1. The summed E-state index contributed by atoms with van der Waals surface area (Å²) in [6.07, 6.45) is 0. The van der Waals surface area contributed by atoms with Crippen LogP contribution in [0, 0.1) is 0 Å². The standard InChI is InChI=1S/C19H26N4O2S/c1-4-21-19(23-15(2)17-10-6-5-7-11-17)22-14-16-9-8-12-18(13-16)26(24,25)20-3/h5-13,15,20H,4,14H2,1-3H3,(H2,21,22,23). The van der Waals surface area contributed by atoms with E-state index < -0.39 is 10.0 Å². The molecular formula is C19H26N4O2S. The van der Waals surface area contributed by atoms with Crippen molar-refractivity contribution < 1.29 is 8.42 Å². The summed E-state index contributed by atoms with van der Waals surface area (Å²) in [5, 5.41) is 6.59. The highest BCUT2D eigenvalue weighted by Gasteiger charge is 2.11. The van der Waals surface area contributed by atoms with Gasteiger partial charge < -0.3 is 10.6 Å². The summed E-state index contributed by atoms with van der Waals surface area (Å²) in [4.78, 5) is 4.82. The van der Waals surface area contributed by atoms with E-state index in [2.05, 4.69) is 39.4 Å². The molecule has 0 radical (unpaired) electrons. The summed E-state index contributed by atoms with van der Waals surface area (Å²) >= 11 is 0. The van der Waals surface area contributed by atoms with Crippen molar-refractivity contribution in [1.29, 1.82) is 0 Å². The lowest BCUT2D eigenvalue weighted by Crippen LogP contribution is -2.38. The van der Waals surface area contributed by atoms with E-state index in [9.17, 15) is 8.42 Å². The number of aliphatic imine (C=N–C) groups is 1. The minimum atomic E-state index is -3.45. The summed E-state index contributed by atoms with van der Waals surface area (Å²) in [6, 6.07) is 17.0. The van der Waals surface area contributed by atoms with E-state index in [0.717, 1.165) is 12.1 Å². The van der Waals surface area contributed by atoms with Crippen molar-refractivity contribution in [2.24, 2.45) is 4.99 Å². The average molecular weight is 375 g/mol. The van der Waals surface area contributed by atoms with Gasteiger partial charge >= 0.3 is 0 Å². The van der Waals surface area contributed by atoms with Crippen molar-refractivity contribution in [2.75, 3.05) is 13.6 Å². The van der Waals surface area contributed by atoms with Gasteiger partial charge in [0.2, 0.25) is 10.0 Å². The Hall–Kier alpha value is -2.38. The molecule has 0 saturated carbocycles. The average Bonchev–Trinajstić information content (AvgIpc) is 2.67. The quantitative estimate of drug-likeness (QED) is 0.513. The molecule has 0 aromatic heterocycles. The predicted octanol–water partition coefficient (Wildman–Crippen LogP) is 2.41. The lowest BCUT2D eigenvalue weighted by atomic mass is 10.1. The maximum Gasteiger partial charge on any atom is 0.240 e. The van der Waals surface area contributed by atoms with Crippen molar-refractivity contribution in [2.45, 2.75) is 31.3 Å². The molecule has 0 spiro atoms. The Labute approximate surface area is 155 Å². The van der Waals surface area contributed by atoms with Crippen LogP contribution in [0.4, 0.5) is 0 Å². The first-order valence-corrected chi connectivity index (χ1v) is 10.1. The van der Waals surface area contributed by atoms with Gasteiger partial charge in [-0.05, 0) is 44.2 Å². The van der Waals surface area contributed by atoms with Gasteiger partial charge in [0.05, 0.1) is 17.5 Å². The van der Waals surface area contributed by atoms with Crippen molar-refractivity contribution in [1.82, 2.24) is 15.4 Å². The molecule has 7 heteroatoms. The Kier molecular flexibility index (Phi) is 7.17. The molecule has 1 unspecified atom stereocenters. The molecule has 0 fully saturated rings. The van der Waals surface area contributed by atoms with E-state index in [0.29, 0.717) is 12.5 Å². The molecule has 2 aromatic rings. The maximum atomic E-state index is 11.9. The Balaban J connectivity index is 2.13. The van der Waals surface area contributed by atoms with Crippen molar-refractivity contribution in [3.63, 3.8) is 0 Å². The molecule has 0 aliphatic rings. The zero-order valence-electron chi connectivity index (χ0n) is 15.4. The van der Waals surface area contributed by atoms with Crippen molar-refractivity contribution >= 4 is 16.0 Å². The molecule has 0 amide bonds. The van der Waals surface area contributed by atoms with Crippen LogP contribution >= 0.6 is 0 Å². The van der Waals surface area contributed by atoms with E-state index in [4.69, 9.17) is 0 Å². The van der Waals surface area contributed by atoms with Gasteiger partial charge in [0.15, 0.2) is 5.96 Å². The van der Waals surface area contributed by atoms with Crippen LogP contribution in [0.5, 0.6) is 0 Å². The molecule has 6 nitrogen and oxygen atoms in total. The zero-order valence-corrected chi connectivity index (χ0v) is 16.2. The summed E-state index contributed by atoms with van der Waals surface area (Å²) in [7, 11) is -2.05.